The van der Waals surface area contributed by atoms with Crippen LogP contribution in [0.15, 0.2) is 18.2 Å². The van der Waals surface area contributed by atoms with Crippen molar-refractivity contribution in [1.82, 2.24) is 0 Å². The van der Waals surface area contributed by atoms with Crippen molar-refractivity contribution in [2.24, 2.45) is 0 Å². The van der Waals surface area contributed by atoms with Crippen LogP contribution < -0.4 is 9.64 Å². The van der Waals surface area contributed by atoms with E-state index in [4.69, 9.17) is 9.47 Å². The van der Waals surface area contributed by atoms with Crippen LogP contribution in [-0.4, -0.2) is 50.7 Å². The zero-order valence-electron chi connectivity index (χ0n) is 13.4. The van der Waals surface area contributed by atoms with E-state index >= 15 is 0 Å². The van der Waals surface area contributed by atoms with E-state index in [1.54, 1.807) is 0 Å². The van der Waals surface area contributed by atoms with Gasteiger partial charge in [0.15, 0.2) is 0 Å². The lowest BCUT2D eigenvalue weighted by molar-refractivity contribution is -0.911. The molecule has 118 valence electrons. The summed E-state index contributed by atoms with van der Waals surface area (Å²) >= 11 is 0. The van der Waals surface area contributed by atoms with Gasteiger partial charge in [-0.1, -0.05) is 19.9 Å². The number of quaternary nitrogens is 1. The minimum Gasteiger partial charge on any atom is -0.491 e. The van der Waals surface area contributed by atoms with Crippen LogP contribution in [0.5, 0.6) is 5.75 Å². The summed E-state index contributed by atoms with van der Waals surface area (Å²) in [6.07, 6.45) is -0.428. The van der Waals surface area contributed by atoms with Gasteiger partial charge in [0.25, 0.3) is 0 Å². The number of benzene rings is 1. The molecule has 2 rings (SSSR count). The Kier molecular flexibility index (Phi) is 6.03. The first-order valence-corrected chi connectivity index (χ1v) is 7.89. The second-order valence-corrected chi connectivity index (χ2v) is 6.20. The minimum atomic E-state index is -0.428. The lowest BCUT2D eigenvalue weighted by Crippen LogP contribution is -3.15. The highest BCUT2D eigenvalue weighted by Crippen LogP contribution is 2.23. The Labute approximate surface area is 127 Å². The fourth-order valence-electron chi connectivity index (χ4n) is 2.83. The molecule has 0 aromatic heterocycles. The van der Waals surface area contributed by atoms with Gasteiger partial charge >= 0.3 is 0 Å². The van der Waals surface area contributed by atoms with Crippen LogP contribution in [0, 0.1) is 6.92 Å². The van der Waals surface area contributed by atoms with E-state index in [0.29, 0.717) is 12.5 Å². The molecule has 1 aliphatic heterocycles. The molecule has 0 saturated carbocycles. The molecule has 0 spiro atoms. The summed E-state index contributed by atoms with van der Waals surface area (Å²) in [4.78, 5) is 1.39. The summed E-state index contributed by atoms with van der Waals surface area (Å²) in [6.45, 7) is 11.1. The average molecular weight is 294 g/mol. The van der Waals surface area contributed by atoms with Gasteiger partial charge in [0.05, 0.1) is 13.2 Å². The van der Waals surface area contributed by atoms with Gasteiger partial charge in [-0.05, 0) is 36.1 Å². The Balaban J connectivity index is 1.80. The Bertz CT molecular complexity index is 442. The van der Waals surface area contributed by atoms with Gasteiger partial charge in [0, 0.05) is 0 Å². The topological polar surface area (TPSA) is 43.1 Å². The third-order valence-corrected chi connectivity index (χ3v) is 4.03. The third-order valence-electron chi connectivity index (χ3n) is 4.03. The smallest absolute Gasteiger partial charge is 0.137 e. The molecule has 1 heterocycles. The number of hydrogen-bond donors (Lipinski definition) is 2. The highest BCUT2D eigenvalue weighted by atomic mass is 16.5. The Morgan fingerprint density at radius 3 is 2.62 bits per heavy atom. The number of aliphatic hydroxyl groups excluding tert-OH is 1. The maximum Gasteiger partial charge on any atom is 0.137 e. The van der Waals surface area contributed by atoms with Gasteiger partial charge < -0.3 is 19.5 Å². The van der Waals surface area contributed by atoms with Crippen LogP contribution in [0.2, 0.25) is 0 Å². The number of hydrogen-bond acceptors (Lipinski definition) is 3. The normalized spacial score (nSPS) is 18.0. The molecule has 1 saturated heterocycles. The van der Waals surface area contributed by atoms with E-state index in [-0.39, 0.29) is 0 Å². The lowest BCUT2D eigenvalue weighted by atomic mass is 9.98. The first-order valence-electron chi connectivity index (χ1n) is 7.89. The van der Waals surface area contributed by atoms with Crippen molar-refractivity contribution in [3.05, 3.63) is 29.3 Å². The van der Waals surface area contributed by atoms with Crippen molar-refractivity contribution in [1.29, 1.82) is 0 Å². The van der Waals surface area contributed by atoms with Crippen LogP contribution in [0.25, 0.3) is 0 Å². The van der Waals surface area contributed by atoms with Crippen LogP contribution >= 0.6 is 0 Å². The maximum absolute atomic E-state index is 10.1. The van der Waals surface area contributed by atoms with Crippen LogP contribution in [0.4, 0.5) is 0 Å². The molecule has 1 fully saturated rings. The van der Waals surface area contributed by atoms with Crippen molar-refractivity contribution in [3.8, 4) is 5.75 Å². The summed E-state index contributed by atoms with van der Waals surface area (Å²) in [5, 5.41) is 10.1. The van der Waals surface area contributed by atoms with Crippen molar-refractivity contribution in [3.63, 3.8) is 0 Å². The van der Waals surface area contributed by atoms with E-state index in [1.165, 1.54) is 16.0 Å². The predicted molar refractivity (Wildman–Crippen MR) is 83.2 cm³/mol. The fourth-order valence-corrected chi connectivity index (χ4v) is 2.83. The summed E-state index contributed by atoms with van der Waals surface area (Å²) in [5.41, 5.74) is 2.59. The van der Waals surface area contributed by atoms with E-state index in [0.717, 1.165) is 38.6 Å². The molecule has 0 amide bonds. The van der Waals surface area contributed by atoms with Gasteiger partial charge in [-0.25, -0.2) is 0 Å². The van der Waals surface area contributed by atoms with Gasteiger partial charge in [0.1, 0.15) is 38.1 Å². The van der Waals surface area contributed by atoms with E-state index in [2.05, 4.69) is 32.9 Å². The van der Waals surface area contributed by atoms with E-state index in [9.17, 15) is 5.11 Å². The third kappa shape index (κ3) is 4.99. The molecule has 1 aliphatic rings. The van der Waals surface area contributed by atoms with Crippen molar-refractivity contribution in [2.45, 2.75) is 32.8 Å². The number of aliphatic hydroxyl groups is 1. The quantitative estimate of drug-likeness (QED) is 0.814. The number of morpholine rings is 1. The van der Waals surface area contributed by atoms with E-state index < -0.39 is 6.10 Å². The molecule has 1 atom stereocenters. The van der Waals surface area contributed by atoms with Gasteiger partial charge in [-0.3, -0.25) is 0 Å². The average Bonchev–Trinajstić information content (AvgIpc) is 2.46. The van der Waals surface area contributed by atoms with Gasteiger partial charge in [-0.2, -0.15) is 0 Å². The Morgan fingerprint density at radius 1 is 1.29 bits per heavy atom. The van der Waals surface area contributed by atoms with Crippen molar-refractivity contribution < 1.29 is 19.5 Å². The number of rotatable bonds is 6. The number of nitrogens with one attached hydrogen (secondary N) is 1. The Morgan fingerprint density at radius 2 is 2.00 bits per heavy atom. The molecule has 4 heteroatoms. The second-order valence-electron chi connectivity index (χ2n) is 6.20. The molecular formula is C17H28NO3+. The Hall–Kier alpha value is -1.10. The van der Waals surface area contributed by atoms with Crippen LogP contribution in [0.1, 0.15) is 30.9 Å². The number of aryl methyl sites for hydroxylation is 1. The molecule has 0 aliphatic carbocycles. The lowest BCUT2D eigenvalue weighted by Gasteiger charge is -2.25. The molecule has 1 unspecified atom stereocenters. The summed E-state index contributed by atoms with van der Waals surface area (Å²) in [7, 11) is 0. The van der Waals surface area contributed by atoms with Gasteiger partial charge in [0.2, 0.25) is 0 Å². The molecule has 1 aromatic carbocycles. The largest absolute Gasteiger partial charge is 0.491 e. The SMILES string of the molecule is Cc1cc(OCC(O)C[NH+]2CCOCC2)ccc1C(C)C. The fraction of sp³-hybridized carbons (Fsp3) is 0.647. The summed E-state index contributed by atoms with van der Waals surface area (Å²) < 4.78 is 11.1. The first kappa shape index (κ1) is 16.3. The zero-order chi connectivity index (χ0) is 15.2. The molecule has 0 radical (unpaired) electrons. The highest BCUT2D eigenvalue weighted by Gasteiger charge is 2.18. The molecule has 21 heavy (non-hydrogen) atoms. The highest BCUT2D eigenvalue weighted by molar-refractivity contribution is 5.36. The minimum absolute atomic E-state index is 0.352. The molecule has 2 N–H and O–H groups in total. The van der Waals surface area contributed by atoms with Crippen LogP contribution in [-0.2, 0) is 4.74 Å². The van der Waals surface area contributed by atoms with Gasteiger partial charge in [-0.15, -0.1) is 0 Å². The second kappa shape index (κ2) is 7.78. The molecule has 4 nitrogen and oxygen atoms in total. The molecule has 1 aromatic rings. The monoisotopic (exact) mass is 294 g/mol. The molecule has 0 bridgehead atoms. The maximum atomic E-state index is 10.1. The number of ether oxygens (including phenoxy) is 2. The van der Waals surface area contributed by atoms with E-state index in [1.807, 2.05) is 6.07 Å². The summed E-state index contributed by atoms with van der Waals surface area (Å²) in [6, 6.07) is 6.18. The molecular weight excluding hydrogens is 266 g/mol. The van der Waals surface area contributed by atoms with Crippen molar-refractivity contribution >= 4 is 0 Å². The van der Waals surface area contributed by atoms with Crippen LogP contribution in [0.3, 0.4) is 0 Å². The predicted octanol–water partition coefficient (Wildman–Crippen LogP) is 0.773. The first-order chi connectivity index (χ1) is 10.1. The summed E-state index contributed by atoms with van der Waals surface area (Å²) in [5.74, 6) is 1.36. The standard InChI is InChI=1S/C17H27NO3/c1-13(2)17-5-4-16(10-14(17)3)21-12-15(19)11-18-6-8-20-9-7-18/h4-5,10,13,15,19H,6-9,11-12H2,1-3H3/p+1. The zero-order valence-corrected chi connectivity index (χ0v) is 13.4. The van der Waals surface area contributed by atoms with Crippen molar-refractivity contribution in [2.75, 3.05) is 39.5 Å².